The van der Waals surface area contributed by atoms with Crippen LogP contribution >= 0.6 is 0 Å². The van der Waals surface area contributed by atoms with E-state index in [1.165, 1.54) is 0 Å². The molecule has 2 aliphatic heterocycles. The van der Waals surface area contributed by atoms with Crippen LogP contribution in [0.5, 0.6) is 5.75 Å². The van der Waals surface area contributed by atoms with Crippen LogP contribution in [0, 0.1) is 0 Å². The van der Waals surface area contributed by atoms with Crippen LogP contribution in [0.2, 0.25) is 0 Å². The van der Waals surface area contributed by atoms with Gasteiger partial charge in [-0.25, -0.2) is 9.98 Å². The minimum absolute atomic E-state index is 0.273. The molecule has 1 N–H and O–H groups in total. The first-order chi connectivity index (χ1) is 6.84. The van der Waals surface area contributed by atoms with E-state index in [0.29, 0.717) is 0 Å². The van der Waals surface area contributed by atoms with Crippen molar-refractivity contribution in [2.45, 2.75) is 0 Å². The van der Waals surface area contributed by atoms with Crippen molar-refractivity contribution in [3.8, 4) is 5.75 Å². The molecule has 14 heavy (non-hydrogen) atoms. The highest BCUT2D eigenvalue weighted by Gasteiger charge is 2.23. The SMILES string of the molecule is Oc1ccc2c(c1)C=NC1=NCCN12. The molecule has 0 radical (unpaired) electrons. The fourth-order valence-electron chi connectivity index (χ4n) is 1.79. The second kappa shape index (κ2) is 2.57. The number of anilines is 1. The van der Waals surface area contributed by atoms with E-state index in [1.54, 1.807) is 18.3 Å². The molecule has 4 heteroatoms. The van der Waals surface area contributed by atoms with Crippen molar-refractivity contribution in [2.75, 3.05) is 18.0 Å². The number of rotatable bonds is 0. The lowest BCUT2D eigenvalue weighted by Gasteiger charge is -2.23. The summed E-state index contributed by atoms with van der Waals surface area (Å²) in [5.74, 6) is 1.05. The molecule has 3 rings (SSSR count). The van der Waals surface area contributed by atoms with Crippen LogP contribution in [-0.4, -0.2) is 30.4 Å². The van der Waals surface area contributed by atoms with Crippen LogP contribution in [0.4, 0.5) is 5.69 Å². The number of phenolic OH excluding ortho intramolecular Hbond substituents is 1. The van der Waals surface area contributed by atoms with Gasteiger partial charge in [0.1, 0.15) is 5.75 Å². The standard InChI is InChI=1S/C10H9N3O/c14-8-1-2-9-7(5-8)6-12-10-11-3-4-13(9)10/h1-2,5-6,14H,3-4H2. The van der Waals surface area contributed by atoms with Gasteiger partial charge in [0.15, 0.2) is 0 Å². The van der Waals surface area contributed by atoms with E-state index >= 15 is 0 Å². The predicted molar refractivity (Wildman–Crippen MR) is 55.3 cm³/mol. The van der Waals surface area contributed by atoms with Gasteiger partial charge in [-0.3, -0.25) is 0 Å². The molecule has 4 nitrogen and oxygen atoms in total. The Morgan fingerprint density at radius 3 is 3.21 bits per heavy atom. The molecular formula is C10H9N3O. The summed E-state index contributed by atoms with van der Waals surface area (Å²) in [5, 5.41) is 9.32. The fraction of sp³-hybridized carbons (Fsp3) is 0.200. The van der Waals surface area contributed by atoms with Crippen LogP contribution in [0.1, 0.15) is 5.56 Å². The summed E-state index contributed by atoms with van der Waals surface area (Å²) >= 11 is 0. The average Bonchev–Trinajstić information content (AvgIpc) is 2.65. The maximum absolute atomic E-state index is 9.32. The van der Waals surface area contributed by atoms with Gasteiger partial charge in [0.05, 0.1) is 12.2 Å². The van der Waals surface area contributed by atoms with Crippen molar-refractivity contribution in [3.05, 3.63) is 23.8 Å². The first-order valence-corrected chi connectivity index (χ1v) is 4.54. The zero-order valence-corrected chi connectivity index (χ0v) is 7.51. The molecular weight excluding hydrogens is 178 g/mol. The molecule has 0 aliphatic carbocycles. The average molecular weight is 187 g/mol. The highest BCUT2D eigenvalue weighted by atomic mass is 16.3. The molecule has 0 saturated carbocycles. The molecule has 70 valence electrons. The third-order valence-electron chi connectivity index (χ3n) is 2.44. The zero-order valence-electron chi connectivity index (χ0n) is 7.51. The van der Waals surface area contributed by atoms with Gasteiger partial charge >= 0.3 is 0 Å². The van der Waals surface area contributed by atoms with Gasteiger partial charge in [-0.15, -0.1) is 0 Å². The van der Waals surface area contributed by atoms with Gasteiger partial charge in [-0.05, 0) is 18.2 Å². The van der Waals surface area contributed by atoms with E-state index in [4.69, 9.17) is 0 Å². The predicted octanol–water partition coefficient (Wildman–Crippen LogP) is 1.00. The number of aromatic hydroxyl groups is 1. The van der Waals surface area contributed by atoms with E-state index in [-0.39, 0.29) is 5.75 Å². The van der Waals surface area contributed by atoms with Gasteiger partial charge in [-0.2, -0.15) is 0 Å². The second-order valence-electron chi connectivity index (χ2n) is 3.33. The number of fused-ring (bicyclic) bond motifs is 3. The summed E-state index contributed by atoms with van der Waals surface area (Å²) in [6.07, 6.45) is 1.75. The largest absolute Gasteiger partial charge is 0.508 e. The summed E-state index contributed by atoms with van der Waals surface area (Å²) < 4.78 is 0. The lowest BCUT2D eigenvalue weighted by Crippen LogP contribution is -2.29. The number of phenols is 1. The van der Waals surface area contributed by atoms with Gasteiger partial charge in [0.2, 0.25) is 5.96 Å². The zero-order chi connectivity index (χ0) is 9.54. The van der Waals surface area contributed by atoms with E-state index in [0.717, 1.165) is 30.3 Å². The molecule has 0 fully saturated rings. The Bertz CT molecular complexity index is 451. The van der Waals surface area contributed by atoms with Crippen molar-refractivity contribution < 1.29 is 5.11 Å². The van der Waals surface area contributed by atoms with Crippen molar-refractivity contribution in [2.24, 2.45) is 9.98 Å². The molecule has 0 atom stereocenters. The highest BCUT2D eigenvalue weighted by molar-refractivity contribution is 6.11. The van der Waals surface area contributed by atoms with Crippen LogP contribution in [-0.2, 0) is 0 Å². The molecule has 0 amide bonds. The Hall–Kier alpha value is -1.84. The lowest BCUT2D eigenvalue weighted by molar-refractivity contribution is 0.475. The first-order valence-electron chi connectivity index (χ1n) is 4.54. The van der Waals surface area contributed by atoms with E-state index in [9.17, 15) is 5.11 Å². The summed E-state index contributed by atoms with van der Waals surface area (Å²) in [4.78, 5) is 10.5. The number of hydrogen-bond donors (Lipinski definition) is 1. The minimum Gasteiger partial charge on any atom is -0.508 e. The topological polar surface area (TPSA) is 48.2 Å². The maximum Gasteiger partial charge on any atom is 0.225 e. The number of aliphatic imine (C=N–C) groups is 2. The van der Waals surface area contributed by atoms with Crippen LogP contribution in [0.3, 0.4) is 0 Å². The fourth-order valence-corrected chi connectivity index (χ4v) is 1.79. The monoisotopic (exact) mass is 187 g/mol. The van der Waals surface area contributed by atoms with Gasteiger partial charge in [0, 0.05) is 18.3 Å². The summed E-state index contributed by atoms with van der Waals surface area (Å²) in [6.45, 7) is 1.68. The molecule has 0 aromatic heterocycles. The summed E-state index contributed by atoms with van der Waals surface area (Å²) in [7, 11) is 0. The Morgan fingerprint density at radius 2 is 2.29 bits per heavy atom. The number of guanidine groups is 1. The van der Waals surface area contributed by atoms with Crippen molar-refractivity contribution in [3.63, 3.8) is 0 Å². The molecule has 1 aromatic carbocycles. The van der Waals surface area contributed by atoms with Gasteiger partial charge in [0.25, 0.3) is 0 Å². The summed E-state index contributed by atoms with van der Waals surface area (Å²) in [5.41, 5.74) is 2.03. The first kappa shape index (κ1) is 7.55. The lowest BCUT2D eigenvalue weighted by atomic mass is 10.1. The molecule has 2 aliphatic rings. The van der Waals surface area contributed by atoms with Crippen molar-refractivity contribution >= 4 is 17.9 Å². The summed E-state index contributed by atoms with van der Waals surface area (Å²) in [6, 6.07) is 5.30. The normalized spacial score (nSPS) is 17.7. The van der Waals surface area contributed by atoms with Crippen LogP contribution in [0.25, 0.3) is 0 Å². The van der Waals surface area contributed by atoms with Crippen LogP contribution in [0.15, 0.2) is 28.2 Å². The Labute approximate surface area is 81.2 Å². The molecule has 0 saturated heterocycles. The van der Waals surface area contributed by atoms with Gasteiger partial charge < -0.3 is 10.0 Å². The number of hydrogen-bond acceptors (Lipinski definition) is 4. The molecule has 1 aromatic rings. The second-order valence-corrected chi connectivity index (χ2v) is 3.33. The maximum atomic E-state index is 9.32. The molecule has 0 unspecified atom stereocenters. The van der Waals surface area contributed by atoms with E-state index in [2.05, 4.69) is 14.9 Å². The Morgan fingerprint density at radius 1 is 1.36 bits per heavy atom. The molecule has 0 bridgehead atoms. The van der Waals surface area contributed by atoms with E-state index in [1.807, 2.05) is 6.07 Å². The molecule has 0 spiro atoms. The van der Waals surface area contributed by atoms with Crippen LogP contribution < -0.4 is 4.90 Å². The van der Waals surface area contributed by atoms with Crippen molar-refractivity contribution in [1.82, 2.24) is 0 Å². The number of nitrogens with zero attached hydrogens (tertiary/aromatic N) is 3. The smallest absolute Gasteiger partial charge is 0.225 e. The highest BCUT2D eigenvalue weighted by Crippen LogP contribution is 2.28. The third kappa shape index (κ3) is 0.937. The molecule has 2 heterocycles. The minimum atomic E-state index is 0.273. The van der Waals surface area contributed by atoms with Crippen molar-refractivity contribution in [1.29, 1.82) is 0 Å². The Kier molecular flexibility index (Phi) is 1.39. The Balaban J connectivity index is 2.18. The van der Waals surface area contributed by atoms with Gasteiger partial charge in [-0.1, -0.05) is 0 Å². The van der Waals surface area contributed by atoms with E-state index < -0.39 is 0 Å². The number of benzene rings is 1. The third-order valence-corrected chi connectivity index (χ3v) is 2.44. The quantitative estimate of drug-likeness (QED) is 0.658.